The van der Waals surface area contributed by atoms with Gasteiger partial charge in [0.05, 0.1) is 5.69 Å². The number of nitrogens with one attached hydrogen (secondary N) is 1. The molecule has 0 aliphatic rings. The van der Waals surface area contributed by atoms with E-state index in [4.69, 9.17) is 5.73 Å². The summed E-state index contributed by atoms with van der Waals surface area (Å²) < 4.78 is 27.4. The number of aryl methyl sites for hydroxylation is 2. The molecule has 3 nitrogen and oxygen atoms in total. The average Bonchev–Trinajstić information content (AvgIpc) is 2.39. The van der Waals surface area contributed by atoms with Gasteiger partial charge in [-0.25, -0.2) is 8.78 Å². The van der Waals surface area contributed by atoms with E-state index >= 15 is 0 Å². The van der Waals surface area contributed by atoms with Crippen molar-refractivity contribution in [2.45, 2.75) is 13.8 Å². The highest BCUT2D eigenvalue weighted by Crippen LogP contribution is 2.22. The Morgan fingerprint density at radius 2 is 1.85 bits per heavy atom. The van der Waals surface area contributed by atoms with E-state index in [2.05, 4.69) is 5.32 Å². The van der Waals surface area contributed by atoms with Crippen molar-refractivity contribution in [3.8, 4) is 0 Å². The third-order valence-electron chi connectivity index (χ3n) is 2.99. The van der Waals surface area contributed by atoms with Gasteiger partial charge < -0.3 is 11.1 Å². The topological polar surface area (TPSA) is 55.1 Å². The molecule has 0 heterocycles. The molecule has 0 atom stereocenters. The maximum Gasteiger partial charge on any atom is 0.261 e. The first-order chi connectivity index (χ1) is 9.40. The molecular weight excluding hydrogens is 262 g/mol. The van der Waals surface area contributed by atoms with E-state index < -0.39 is 23.1 Å². The summed E-state index contributed by atoms with van der Waals surface area (Å²) in [5.41, 5.74) is 6.65. The number of amides is 1. The van der Waals surface area contributed by atoms with Crippen LogP contribution in [0.2, 0.25) is 0 Å². The number of nitrogens with two attached hydrogens (primary N) is 1. The monoisotopic (exact) mass is 276 g/mol. The Hall–Kier alpha value is -2.43. The lowest BCUT2D eigenvalue weighted by molar-refractivity contribution is 0.101. The fourth-order valence-electron chi connectivity index (χ4n) is 1.83. The minimum Gasteiger partial charge on any atom is -0.396 e. The molecule has 0 radical (unpaired) electrons. The zero-order valence-electron chi connectivity index (χ0n) is 11.1. The molecule has 0 spiro atoms. The fourth-order valence-corrected chi connectivity index (χ4v) is 1.83. The number of hydrogen-bond acceptors (Lipinski definition) is 2. The number of anilines is 2. The zero-order valence-corrected chi connectivity index (χ0v) is 11.1. The summed E-state index contributed by atoms with van der Waals surface area (Å²) in [4.78, 5) is 12.0. The fraction of sp³-hybridized carbons (Fsp3) is 0.133. The molecule has 2 aromatic rings. The number of carbonyl (C=O) groups excluding carboxylic acids is 1. The van der Waals surface area contributed by atoms with Crippen LogP contribution in [0.25, 0.3) is 0 Å². The summed E-state index contributed by atoms with van der Waals surface area (Å²) in [6.45, 7) is 3.65. The summed E-state index contributed by atoms with van der Waals surface area (Å²) in [5.74, 6) is -2.85. The Balaban J connectivity index is 2.38. The number of nitrogen functional groups attached to an aromatic ring is 1. The van der Waals surface area contributed by atoms with E-state index in [0.717, 1.165) is 23.3 Å². The third kappa shape index (κ3) is 2.61. The van der Waals surface area contributed by atoms with Gasteiger partial charge in [0.25, 0.3) is 5.91 Å². The van der Waals surface area contributed by atoms with Gasteiger partial charge in [-0.05, 0) is 43.2 Å². The molecule has 0 saturated heterocycles. The van der Waals surface area contributed by atoms with Crippen LogP contribution in [0.5, 0.6) is 0 Å². The van der Waals surface area contributed by atoms with Crippen LogP contribution in [-0.2, 0) is 0 Å². The number of rotatable bonds is 2. The molecule has 0 aliphatic heterocycles. The molecule has 2 aromatic carbocycles. The van der Waals surface area contributed by atoms with E-state index in [9.17, 15) is 13.6 Å². The molecule has 0 bridgehead atoms. The van der Waals surface area contributed by atoms with E-state index in [1.54, 1.807) is 13.0 Å². The van der Waals surface area contributed by atoms with Crippen LogP contribution in [0, 0.1) is 25.5 Å². The predicted molar refractivity (Wildman–Crippen MR) is 74.6 cm³/mol. The van der Waals surface area contributed by atoms with E-state index in [1.807, 2.05) is 19.1 Å². The lowest BCUT2D eigenvalue weighted by Crippen LogP contribution is -2.17. The van der Waals surface area contributed by atoms with Gasteiger partial charge in [-0.2, -0.15) is 0 Å². The van der Waals surface area contributed by atoms with Crippen molar-refractivity contribution < 1.29 is 13.6 Å². The maximum absolute atomic E-state index is 13.8. The highest BCUT2D eigenvalue weighted by molar-refractivity contribution is 6.05. The molecule has 104 valence electrons. The van der Waals surface area contributed by atoms with Crippen LogP contribution in [-0.4, -0.2) is 5.91 Å². The molecule has 20 heavy (non-hydrogen) atoms. The van der Waals surface area contributed by atoms with Crippen molar-refractivity contribution in [2.24, 2.45) is 0 Å². The lowest BCUT2D eigenvalue weighted by Gasteiger charge is -2.11. The molecule has 0 aromatic heterocycles. The lowest BCUT2D eigenvalue weighted by atomic mass is 10.1. The third-order valence-corrected chi connectivity index (χ3v) is 2.99. The smallest absolute Gasteiger partial charge is 0.261 e. The molecule has 2 rings (SSSR count). The average molecular weight is 276 g/mol. The van der Waals surface area contributed by atoms with Gasteiger partial charge in [0.1, 0.15) is 11.4 Å². The van der Waals surface area contributed by atoms with Crippen LogP contribution >= 0.6 is 0 Å². The predicted octanol–water partition coefficient (Wildman–Crippen LogP) is 3.42. The van der Waals surface area contributed by atoms with Gasteiger partial charge in [-0.15, -0.1) is 0 Å². The standard InChI is InChI=1S/C15H14F2N2O/c1-8-3-4-9(2)12(7-8)19-15(20)13-10(16)5-6-11(18)14(13)17/h3-7H,18H2,1-2H3,(H,19,20). The molecule has 5 heteroatoms. The van der Waals surface area contributed by atoms with Crippen LogP contribution in [0.1, 0.15) is 21.5 Å². The van der Waals surface area contributed by atoms with Gasteiger partial charge in [0, 0.05) is 5.69 Å². The first-order valence-corrected chi connectivity index (χ1v) is 6.02. The second-order valence-corrected chi connectivity index (χ2v) is 4.60. The summed E-state index contributed by atoms with van der Waals surface area (Å²) in [5, 5.41) is 2.50. The number of carbonyl (C=O) groups is 1. The number of hydrogen-bond donors (Lipinski definition) is 2. The van der Waals surface area contributed by atoms with Crippen LogP contribution in [0.15, 0.2) is 30.3 Å². The quantitative estimate of drug-likeness (QED) is 0.826. The number of halogens is 2. The van der Waals surface area contributed by atoms with Crippen molar-refractivity contribution in [3.63, 3.8) is 0 Å². The molecule has 0 unspecified atom stereocenters. The first kappa shape index (κ1) is 14.0. The van der Waals surface area contributed by atoms with Gasteiger partial charge in [-0.3, -0.25) is 4.79 Å². The second kappa shape index (κ2) is 5.28. The van der Waals surface area contributed by atoms with Crippen LogP contribution < -0.4 is 11.1 Å². The SMILES string of the molecule is Cc1ccc(C)c(NC(=O)c2c(F)ccc(N)c2F)c1. The Kier molecular flexibility index (Phi) is 3.70. The van der Waals surface area contributed by atoms with Crippen LogP contribution in [0.4, 0.5) is 20.2 Å². The van der Waals surface area contributed by atoms with Gasteiger partial charge >= 0.3 is 0 Å². The van der Waals surface area contributed by atoms with Crippen molar-refractivity contribution in [2.75, 3.05) is 11.1 Å². The Morgan fingerprint density at radius 1 is 1.15 bits per heavy atom. The molecule has 0 aliphatic carbocycles. The summed E-state index contributed by atoms with van der Waals surface area (Å²) in [6, 6.07) is 7.48. The largest absolute Gasteiger partial charge is 0.396 e. The molecule has 0 fully saturated rings. The van der Waals surface area contributed by atoms with Crippen LogP contribution in [0.3, 0.4) is 0 Å². The molecule has 0 saturated carbocycles. The molecular formula is C15H14F2N2O. The highest BCUT2D eigenvalue weighted by Gasteiger charge is 2.20. The molecule has 3 N–H and O–H groups in total. The Labute approximate surface area is 115 Å². The summed E-state index contributed by atoms with van der Waals surface area (Å²) in [6.07, 6.45) is 0. The van der Waals surface area contributed by atoms with Crippen molar-refractivity contribution in [3.05, 3.63) is 58.7 Å². The normalized spacial score (nSPS) is 10.4. The van der Waals surface area contributed by atoms with Crippen molar-refractivity contribution >= 4 is 17.3 Å². The maximum atomic E-state index is 13.8. The minimum absolute atomic E-state index is 0.266. The van der Waals surface area contributed by atoms with E-state index in [-0.39, 0.29) is 5.69 Å². The van der Waals surface area contributed by atoms with Crippen molar-refractivity contribution in [1.82, 2.24) is 0 Å². The van der Waals surface area contributed by atoms with E-state index in [1.165, 1.54) is 0 Å². The highest BCUT2D eigenvalue weighted by atomic mass is 19.1. The van der Waals surface area contributed by atoms with Gasteiger partial charge in [0.15, 0.2) is 5.82 Å². The Bertz CT molecular complexity index is 684. The van der Waals surface area contributed by atoms with Gasteiger partial charge in [-0.1, -0.05) is 12.1 Å². The summed E-state index contributed by atoms with van der Waals surface area (Å²) in [7, 11) is 0. The van der Waals surface area contributed by atoms with Gasteiger partial charge in [0.2, 0.25) is 0 Å². The minimum atomic E-state index is -1.05. The zero-order chi connectivity index (χ0) is 14.9. The first-order valence-electron chi connectivity index (χ1n) is 6.02. The Morgan fingerprint density at radius 3 is 2.55 bits per heavy atom. The number of benzene rings is 2. The van der Waals surface area contributed by atoms with E-state index in [0.29, 0.717) is 5.69 Å². The molecule has 1 amide bonds. The second-order valence-electron chi connectivity index (χ2n) is 4.60. The van der Waals surface area contributed by atoms with Crippen molar-refractivity contribution in [1.29, 1.82) is 0 Å². The summed E-state index contributed by atoms with van der Waals surface area (Å²) >= 11 is 0.